The van der Waals surface area contributed by atoms with Gasteiger partial charge in [0, 0.05) is 30.1 Å². The molecule has 2 rings (SSSR count). The molecule has 84 valence electrons. The van der Waals surface area contributed by atoms with Crippen molar-refractivity contribution in [1.29, 1.82) is 0 Å². The molecule has 0 spiro atoms. The van der Waals surface area contributed by atoms with Crippen LogP contribution in [0.3, 0.4) is 0 Å². The van der Waals surface area contributed by atoms with Gasteiger partial charge in [0.2, 0.25) is 0 Å². The number of rotatable bonds is 3. The lowest BCUT2D eigenvalue weighted by atomic mass is 10.1. The molecule has 0 saturated heterocycles. The monoisotopic (exact) mass is 231 g/mol. The minimum Gasteiger partial charge on any atom is -0.377 e. The zero-order valence-electron chi connectivity index (χ0n) is 10.0. The van der Waals surface area contributed by atoms with E-state index in [1.165, 1.54) is 21.4 Å². The van der Waals surface area contributed by atoms with Crippen LogP contribution in [0, 0.1) is 0 Å². The number of fused-ring (bicyclic) bond motifs is 1. The Balaban J connectivity index is 2.66. The van der Waals surface area contributed by atoms with Crippen molar-refractivity contribution >= 4 is 28.2 Å². The summed E-state index contributed by atoms with van der Waals surface area (Å²) in [6.45, 7) is 2.19. The Morgan fingerprint density at radius 1 is 1.00 bits per heavy atom. The van der Waals surface area contributed by atoms with Crippen LogP contribution in [0.25, 0.3) is 10.8 Å². The van der Waals surface area contributed by atoms with Gasteiger partial charge < -0.3 is 4.90 Å². The van der Waals surface area contributed by atoms with E-state index in [9.17, 15) is 0 Å². The molecule has 0 radical (unpaired) electrons. The number of hydrogen-bond donors (Lipinski definition) is 0. The highest BCUT2D eigenvalue weighted by Gasteiger charge is 2.05. The number of benzene rings is 2. The highest BCUT2D eigenvalue weighted by atomic mass is 32.2. The van der Waals surface area contributed by atoms with Crippen molar-refractivity contribution in [3.63, 3.8) is 0 Å². The van der Waals surface area contributed by atoms with Gasteiger partial charge in [0.1, 0.15) is 0 Å². The molecule has 0 saturated carbocycles. The fourth-order valence-electron chi connectivity index (χ4n) is 1.94. The van der Waals surface area contributed by atoms with Gasteiger partial charge in [-0.15, -0.1) is 11.8 Å². The third-order valence-electron chi connectivity index (χ3n) is 2.64. The molecule has 0 aliphatic rings. The molecule has 16 heavy (non-hydrogen) atoms. The van der Waals surface area contributed by atoms with Gasteiger partial charge in [0.25, 0.3) is 0 Å². The van der Waals surface area contributed by atoms with Crippen LogP contribution in [0.2, 0.25) is 0 Å². The van der Waals surface area contributed by atoms with E-state index in [1.807, 2.05) is 11.8 Å². The summed E-state index contributed by atoms with van der Waals surface area (Å²) in [5.41, 5.74) is 1.29. The van der Waals surface area contributed by atoms with Gasteiger partial charge in [0.15, 0.2) is 0 Å². The molecule has 0 aliphatic heterocycles. The number of hydrogen-bond acceptors (Lipinski definition) is 2. The smallest absolute Gasteiger partial charge is 0.0441 e. The minimum atomic E-state index is 1.12. The van der Waals surface area contributed by atoms with Crippen LogP contribution >= 0.6 is 11.8 Å². The second-order valence-corrected chi connectivity index (χ2v) is 5.26. The minimum absolute atomic E-state index is 1.12. The van der Waals surface area contributed by atoms with Gasteiger partial charge in [-0.1, -0.05) is 31.2 Å². The summed E-state index contributed by atoms with van der Waals surface area (Å²) in [6.07, 6.45) is 0. The van der Waals surface area contributed by atoms with Gasteiger partial charge in [-0.25, -0.2) is 0 Å². The molecule has 0 aromatic heterocycles. The molecule has 0 N–H and O–H groups in total. The SMILES string of the molecule is CCSc1cccc2c(N(C)C)cccc12. The van der Waals surface area contributed by atoms with Crippen LogP contribution in [-0.4, -0.2) is 19.8 Å². The second kappa shape index (κ2) is 4.79. The van der Waals surface area contributed by atoms with Crippen LogP contribution in [0.1, 0.15) is 6.92 Å². The summed E-state index contributed by atoms with van der Waals surface area (Å²) in [7, 11) is 4.18. The topological polar surface area (TPSA) is 3.24 Å². The highest BCUT2D eigenvalue weighted by Crippen LogP contribution is 2.32. The fraction of sp³-hybridized carbons (Fsp3) is 0.286. The van der Waals surface area contributed by atoms with E-state index in [1.54, 1.807) is 0 Å². The molecule has 1 nitrogen and oxygen atoms in total. The fourth-order valence-corrected chi connectivity index (χ4v) is 2.76. The molecule has 0 atom stereocenters. The van der Waals surface area contributed by atoms with Gasteiger partial charge in [-0.05, 0) is 23.3 Å². The van der Waals surface area contributed by atoms with E-state index in [-0.39, 0.29) is 0 Å². The lowest BCUT2D eigenvalue weighted by molar-refractivity contribution is 1.14. The van der Waals surface area contributed by atoms with Crippen LogP contribution in [0.15, 0.2) is 41.3 Å². The maximum atomic E-state index is 2.21. The largest absolute Gasteiger partial charge is 0.377 e. The van der Waals surface area contributed by atoms with Crippen molar-refractivity contribution in [1.82, 2.24) is 0 Å². The van der Waals surface area contributed by atoms with E-state index in [0.717, 1.165) is 5.75 Å². The van der Waals surface area contributed by atoms with Crippen LogP contribution in [0.5, 0.6) is 0 Å². The summed E-state index contributed by atoms with van der Waals surface area (Å²) in [5, 5.41) is 2.70. The van der Waals surface area contributed by atoms with Crippen LogP contribution < -0.4 is 4.90 Å². The molecule has 2 heteroatoms. The zero-order valence-corrected chi connectivity index (χ0v) is 10.8. The normalized spacial score (nSPS) is 10.7. The molecule has 2 aromatic carbocycles. The Morgan fingerprint density at radius 2 is 1.69 bits per heavy atom. The first-order valence-electron chi connectivity index (χ1n) is 5.56. The summed E-state index contributed by atoms with van der Waals surface area (Å²) in [6, 6.07) is 13.1. The quantitative estimate of drug-likeness (QED) is 0.734. The molecule has 0 aliphatic carbocycles. The Labute approximate surface area is 101 Å². The van der Waals surface area contributed by atoms with Crippen molar-refractivity contribution in [2.75, 3.05) is 24.7 Å². The molecule has 0 fully saturated rings. The molecular formula is C14H17NS. The lowest BCUT2D eigenvalue weighted by Crippen LogP contribution is -2.08. The number of thioether (sulfide) groups is 1. The van der Waals surface area contributed by atoms with E-state index in [2.05, 4.69) is 62.3 Å². The number of nitrogens with zero attached hydrogens (tertiary/aromatic N) is 1. The van der Waals surface area contributed by atoms with Crippen molar-refractivity contribution in [2.45, 2.75) is 11.8 Å². The van der Waals surface area contributed by atoms with Crippen LogP contribution in [0.4, 0.5) is 5.69 Å². The van der Waals surface area contributed by atoms with E-state index < -0.39 is 0 Å². The Bertz CT molecular complexity index is 491. The first-order valence-corrected chi connectivity index (χ1v) is 6.54. The molecule has 0 heterocycles. The van der Waals surface area contributed by atoms with E-state index in [4.69, 9.17) is 0 Å². The standard InChI is InChI=1S/C14H17NS/c1-4-16-14-10-6-7-11-12(14)8-5-9-13(11)15(2)3/h5-10H,4H2,1-3H3. The molecule has 0 amide bonds. The van der Waals surface area contributed by atoms with Gasteiger partial charge in [-0.3, -0.25) is 0 Å². The summed E-state index contributed by atoms with van der Waals surface area (Å²) < 4.78 is 0. The summed E-state index contributed by atoms with van der Waals surface area (Å²) in [4.78, 5) is 3.55. The van der Waals surface area contributed by atoms with Gasteiger partial charge in [0.05, 0.1) is 0 Å². The Morgan fingerprint density at radius 3 is 2.38 bits per heavy atom. The van der Waals surface area contributed by atoms with Crippen molar-refractivity contribution in [3.05, 3.63) is 36.4 Å². The Kier molecular flexibility index (Phi) is 3.39. The molecule has 0 bridgehead atoms. The lowest BCUT2D eigenvalue weighted by Gasteiger charge is -2.16. The third-order valence-corrected chi connectivity index (χ3v) is 3.60. The first kappa shape index (κ1) is 11.3. The summed E-state index contributed by atoms with van der Waals surface area (Å²) >= 11 is 1.91. The van der Waals surface area contributed by atoms with Crippen LogP contribution in [-0.2, 0) is 0 Å². The highest BCUT2D eigenvalue weighted by molar-refractivity contribution is 7.99. The summed E-state index contributed by atoms with van der Waals surface area (Å²) in [5.74, 6) is 1.12. The predicted octanol–water partition coefficient (Wildman–Crippen LogP) is 4.02. The average molecular weight is 231 g/mol. The maximum Gasteiger partial charge on any atom is 0.0441 e. The zero-order chi connectivity index (χ0) is 11.5. The third kappa shape index (κ3) is 2.03. The first-order chi connectivity index (χ1) is 7.74. The number of anilines is 1. The van der Waals surface area contributed by atoms with Gasteiger partial charge in [-0.2, -0.15) is 0 Å². The van der Waals surface area contributed by atoms with Crippen molar-refractivity contribution in [3.8, 4) is 0 Å². The van der Waals surface area contributed by atoms with E-state index >= 15 is 0 Å². The predicted molar refractivity (Wildman–Crippen MR) is 74.7 cm³/mol. The molecule has 2 aromatic rings. The van der Waals surface area contributed by atoms with Gasteiger partial charge >= 0.3 is 0 Å². The second-order valence-electron chi connectivity index (χ2n) is 3.96. The maximum absolute atomic E-state index is 2.21. The average Bonchev–Trinajstić information content (AvgIpc) is 2.29. The van der Waals surface area contributed by atoms with Crippen molar-refractivity contribution in [2.24, 2.45) is 0 Å². The van der Waals surface area contributed by atoms with Crippen molar-refractivity contribution < 1.29 is 0 Å². The Hall–Kier alpha value is -1.15. The molecular weight excluding hydrogens is 214 g/mol. The van der Waals surface area contributed by atoms with E-state index in [0.29, 0.717) is 0 Å². The molecule has 0 unspecified atom stereocenters.